The summed E-state index contributed by atoms with van der Waals surface area (Å²) in [7, 11) is 0. The molecule has 1 aromatic rings. The van der Waals surface area contributed by atoms with Crippen molar-refractivity contribution in [1.29, 1.82) is 5.26 Å². The van der Waals surface area contributed by atoms with Crippen molar-refractivity contribution in [3.8, 4) is 6.07 Å². The molecule has 0 amide bonds. The van der Waals surface area contributed by atoms with Gasteiger partial charge in [0.25, 0.3) is 0 Å². The third kappa shape index (κ3) is 2.20. The molecule has 0 heterocycles. The van der Waals surface area contributed by atoms with Crippen LogP contribution in [0.25, 0.3) is 0 Å². The van der Waals surface area contributed by atoms with Gasteiger partial charge in [-0.2, -0.15) is 5.26 Å². The van der Waals surface area contributed by atoms with Gasteiger partial charge in [-0.1, -0.05) is 57.2 Å². The number of carbonyl (C=O) groups excluding carboxylic acids is 1. The van der Waals surface area contributed by atoms with Crippen LogP contribution >= 0.6 is 0 Å². The number of Topliss-reactive ketones (excluding diaryl/α,β-unsaturated/α-hetero) is 1. The molecule has 0 aromatic heterocycles. The topological polar surface area (TPSA) is 40.9 Å². The van der Waals surface area contributed by atoms with Crippen LogP contribution in [0, 0.1) is 28.1 Å². The number of nitriles is 1. The van der Waals surface area contributed by atoms with Crippen molar-refractivity contribution in [3.63, 3.8) is 0 Å². The van der Waals surface area contributed by atoms with E-state index in [2.05, 4.69) is 37.3 Å². The van der Waals surface area contributed by atoms with Crippen LogP contribution in [0.3, 0.4) is 0 Å². The van der Waals surface area contributed by atoms with Crippen molar-refractivity contribution in [2.24, 2.45) is 16.7 Å². The summed E-state index contributed by atoms with van der Waals surface area (Å²) in [5.41, 5.74) is 1.23. The van der Waals surface area contributed by atoms with E-state index in [0.717, 1.165) is 19.3 Å². The van der Waals surface area contributed by atoms with Crippen LogP contribution in [0.4, 0.5) is 0 Å². The van der Waals surface area contributed by atoms with Gasteiger partial charge in [0.05, 0.1) is 5.57 Å². The first-order valence-corrected chi connectivity index (χ1v) is 8.11. The molecule has 0 radical (unpaired) electrons. The fourth-order valence-electron chi connectivity index (χ4n) is 4.81. The Kier molecular flexibility index (Phi) is 3.48. The van der Waals surface area contributed by atoms with Crippen LogP contribution in [-0.4, -0.2) is 5.78 Å². The molecule has 1 aromatic carbocycles. The maximum Gasteiger partial charge on any atom is 0.178 e. The van der Waals surface area contributed by atoms with Gasteiger partial charge < -0.3 is 0 Å². The average Bonchev–Trinajstić information content (AvgIpc) is 2.51. The standard InChI is InChI=1S/C20H23NO/c1-19(2)17-10-9-15(14-7-5-4-6-8-14)11-20(17,3)12-16(13-21)18(19)22/h4-8,12,15,17H,9-11H2,1-3H3/t15-,17+,20-/m0/s1. The highest BCUT2D eigenvalue weighted by molar-refractivity contribution is 6.04. The normalized spacial score (nSPS) is 33.5. The molecular weight excluding hydrogens is 270 g/mol. The molecule has 0 bridgehead atoms. The van der Waals surface area contributed by atoms with Crippen molar-refractivity contribution in [2.75, 3.05) is 0 Å². The first kappa shape index (κ1) is 15.0. The predicted octanol–water partition coefficient (Wildman–Crippen LogP) is 4.64. The van der Waals surface area contributed by atoms with Gasteiger partial charge in [-0.05, 0) is 42.1 Å². The van der Waals surface area contributed by atoms with Crippen molar-refractivity contribution in [1.82, 2.24) is 0 Å². The molecule has 2 aliphatic carbocycles. The molecule has 1 fully saturated rings. The van der Waals surface area contributed by atoms with Crippen LogP contribution in [0.15, 0.2) is 42.0 Å². The number of carbonyl (C=O) groups is 1. The lowest BCUT2D eigenvalue weighted by Gasteiger charge is -2.52. The Labute approximate surface area is 132 Å². The Morgan fingerprint density at radius 2 is 1.82 bits per heavy atom. The summed E-state index contributed by atoms with van der Waals surface area (Å²) in [6, 6.07) is 12.8. The summed E-state index contributed by atoms with van der Waals surface area (Å²) in [4.78, 5) is 12.5. The zero-order valence-corrected chi connectivity index (χ0v) is 13.6. The number of rotatable bonds is 1. The SMILES string of the molecule is CC1(C)C(=O)C(C#N)=C[C@]2(C)C[C@@H](c3ccccc3)CC[C@H]12. The largest absolute Gasteiger partial charge is 0.293 e. The number of allylic oxidation sites excluding steroid dienone is 2. The van der Waals surface area contributed by atoms with Crippen LogP contribution in [0.1, 0.15) is 51.5 Å². The molecule has 2 aliphatic rings. The lowest BCUT2D eigenvalue weighted by molar-refractivity contribution is -0.131. The minimum absolute atomic E-state index is 0.0237. The van der Waals surface area contributed by atoms with Crippen molar-refractivity contribution >= 4 is 5.78 Å². The molecule has 0 spiro atoms. The Hall–Kier alpha value is -1.88. The van der Waals surface area contributed by atoms with Crippen LogP contribution in [-0.2, 0) is 4.79 Å². The van der Waals surface area contributed by atoms with Crippen molar-refractivity contribution < 1.29 is 4.79 Å². The lowest BCUT2D eigenvalue weighted by Crippen LogP contribution is -2.49. The molecule has 0 unspecified atom stereocenters. The van der Waals surface area contributed by atoms with E-state index in [0.29, 0.717) is 17.4 Å². The van der Waals surface area contributed by atoms with Gasteiger partial charge in [0.15, 0.2) is 5.78 Å². The first-order valence-electron chi connectivity index (χ1n) is 8.11. The molecular formula is C20H23NO. The Morgan fingerprint density at radius 3 is 2.45 bits per heavy atom. The van der Waals surface area contributed by atoms with Crippen LogP contribution in [0.2, 0.25) is 0 Å². The summed E-state index contributed by atoms with van der Waals surface area (Å²) < 4.78 is 0. The fourth-order valence-corrected chi connectivity index (χ4v) is 4.81. The van der Waals surface area contributed by atoms with Gasteiger partial charge in [-0.25, -0.2) is 0 Å². The highest BCUT2D eigenvalue weighted by Gasteiger charge is 2.53. The smallest absolute Gasteiger partial charge is 0.178 e. The second-order valence-corrected chi connectivity index (χ2v) is 7.67. The number of hydrogen-bond donors (Lipinski definition) is 0. The molecule has 0 aliphatic heterocycles. The summed E-state index contributed by atoms with van der Waals surface area (Å²) in [6.07, 6.45) is 5.16. The molecule has 0 saturated heterocycles. The second kappa shape index (κ2) is 5.09. The Balaban J connectivity index is 1.99. The van der Waals surface area contributed by atoms with Gasteiger partial charge in [0.2, 0.25) is 0 Å². The zero-order valence-electron chi connectivity index (χ0n) is 13.6. The Bertz CT molecular complexity index is 665. The predicted molar refractivity (Wildman–Crippen MR) is 87.1 cm³/mol. The molecule has 0 N–H and O–H groups in total. The summed E-state index contributed by atoms with van der Waals surface area (Å²) >= 11 is 0. The summed E-state index contributed by atoms with van der Waals surface area (Å²) in [5.74, 6) is 0.864. The van der Waals surface area contributed by atoms with E-state index in [1.165, 1.54) is 5.56 Å². The molecule has 2 heteroatoms. The van der Waals surface area contributed by atoms with E-state index in [1.807, 2.05) is 26.0 Å². The number of benzene rings is 1. The Morgan fingerprint density at radius 1 is 1.14 bits per heavy atom. The zero-order chi connectivity index (χ0) is 16.0. The third-order valence-electron chi connectivity index (χ3n) is 5.85. The highest BCUT2D eigenvalue weighted by atomic mass is 16.1. The molecule has 1 saturated carbocycles. The number of nitrogens with zero attached hydrogens (tertiary/aromatic N) is 1. The molecule has 2 nitrogen and oxygen atoms in total. The van der Waals surface area contributed by atoms with E-state index < -0.39 is 5.41 Å². The quantitative estimate of drug-likeness (QED) is 0.757. The van der Waals surface area contributed by atoms with Crippen molar-refractivity contribution in [2.45, 2.75) is 46.0 Å². The second-order valence-electron chi connectivity index (χ2n) is 7.67. The lowest BCUT2D eigenvalue weighted by atomic mass is 9.50. The summed E-state index contributed by atoms with van der Waals surface area (Å²) in [6.45, 7) is 6.27. The van der Waals surface area contributed by atoms with E-state index in [4.69, 9.17) is 0 Å². The third-order valence-corrected chi connectivity index (χ3v) is 5.85. The monoisotopic (exact) mass is 293 g/mol. The maximum absolute atomic E-state index is 12.5. The highest BCUT2D eigenvalue weighted by Crippen LogP contribution is 2.57. The number of fused-ring (bicyclic) bond motifs is 1. The van der Waals surface area contributed by atoms with E-state index in [1.54, 1.807) is 0 Å². The van der Waals surface area contributed by atoms with E-state index in [-0.39, 0.29) is 11.2 Å². The first-order chi connectivity index (χ1) is 10.4. The average molecular weight is 293 g/mol. The van der Waals surface area contributed by atoms with E-state index in [9.17, 15) is 10.1 Å². The van der Waals surface area contributed by atoms with E-state index >= 15 is 0 Å². The molecule has 3 atom stereocenters. The van der Waals surface area contributed by atoms with Gasteiger partial charge in [-0.3, -0.25) is 4.79 Å². The minimum atomic E-state index is -0.434. The van der Waals surface area contributed by atoms with Gasteiger partial charge in [0, 0.05) is 5.41 Å². The maximum atomic E-state index is 12.5. The van der Waals surface area contributed by atoms with Crippen molar-refractivity contribution in [3.05, 3.63) is 47.5 Å². The van der Waals surface area contributed by atoms with Gasteiger partial charge in [-0.15, -0.1) is 0 Å². The van der Waals surface area contributed by atoms with Gasteiger partial charge in [0.1, 0.15) is 6.07 Å². The van der Waals surface area contributed by atoms with Crippen LogP contribution < -0.4 is 0 Å². The fraction of sp³-hybridized carbons (Fsp3) is 0.500. The summed E-state index contributed by atoms with van der Waals surface area (Å²) in [5, 5.41) is 9.34. The molecule has 114 valence electrons. The molecule has 3 rings (SSSR count). The number of hydrogen-bond acceptors (Lipinski definition) is 2. The van der Waals surface area contributed by atoms with Gasteiger partial charge >= 0.3 is 0 Å². The minimum Gasteiger partial charge on any atom is -0.293 e. The molecule has 22 heavy (non-hydrogen) atoms. The number of ketones is 1. The van der Waals surface area contributed by atoms with Crippen LogP contribution in [0.5, 0.6) is 0 Å².